The van der Waals surface area contributed by atoms with E-state index in [1.807, 2.05) is 50.5 Å². The number of aryl methyl sites for hydroxylation is 5. The molecule has 10 nitrogen and oxygen atoms in total. The Hall–Kier alpha value is -4.80. The fourth-order valence-electron chi connectivity index (χ4n) is 8.41. The number of hydrogen-bond donors (Lipinski definition) is 2. The number of pyridine rings is 2. The molecule has 2 aliphatic heterocycles. The predicted octanol–water partition coefficient (Wildman–Crippen LogP) is 7.41. The van der Waals surface area contributed by atoms with Gasteiger partial charge in [-0.2, -0.15) is 0 Å². The molecule has 0 saturated heterocycles. The Morgan fingerprint density at radius 1 is 0.630 bits per heavy atom. The summed E-state index contributed by atoms with van der Waals surface area (Å²) < 4.78 is 15.7. The van der Waals surface area contributed by atoms with Crippen LogP contribution in [-0.2, 0) is 59.2 Å². The summed E-state index contributed by atoms with van der Waals surface area (Å²) in [4.78, 5) is 47.8. The molecule has 10 heteroatoms. The molecule has 0 radical (unpaired) electrons. The zero-order chi connectivity index (χ0) is 37.9. The number of rotatable bonds is 8. The Morgan fingerprint density at radius 2 is 1.17 bits per heavy atom. The summed E-state index contributed by atoms with van der Waals surface area (Å²) in [5.74, 6) is 0.131. The van der Waals surface area contributed by atoms with Crippen LogP contribution < -0.4 is 21.8 Å². The van der Waals surface area contributed by atoms with E-state index in [2.05, 4.69) is 22.8 Å². The van der Waals surface area contributed by atoms with Crippen molar-refractivity contribution in [2.45, 2.75) is 116 Å². The highest BCUT2D eigenvalue weighted by molar-refractivity contribution is 5.95. The normalized spacial score (nSPS) is 17.0. The SMILES string of the molecule is Cc1cc(-c2cc3c(cc2COC2CCCC2)NC(=O)CC3)cn(C)c1=O.Cc1cc(-c2ccc3c(c2COC2CCCC2)CCC(=O)N3)cn(C)c1=O. The molecule has 8 rings (SSSR count). The number of nitrogens with zero attached hydrogens (tertiary/aromatic N) is 2. The Morgan fingerprint density at radius 3 is 1.76 bits per heavy atom. The first-order chi connectivity index (χ1) is 26.0. The first kappa shape index (κ1) is 37.5. The number of anilines is 2. The van der Waals surface area contributed by atoms with Crippen LogP contribution in [0.15, 0.2) is 58.4 Å². The van der Waals surface area contributed by atoms with E-state index in [1.54, 1.807) is 23.2 Å². The zero-order valence-corrected chi connectivity index (χ0v) is 32.0. The quantitative estimate of drug-likeness (QED) is 0.195. The van der Waals surface area contributed by atoms with Crippen LogP contribution in [0.3, 0.4) is 0 Å². The van der Waals surface area contributed by atoms with Crippen molar-refractivity contribution in [1.82, 2.24) is 9.13 Å². The van der Waals surface area contributed by atoms with E-state index in [-0.39, 0.29) is 22.9 Å². The van der Waals surface area contributed by atoms with E-state index in [0.29, 0.717) is 38.3 Å². The predicted molar refractivity (Wildman–Crippen MR) is 212 cm³/mol. The molecular weight excluding hydrogens is 681 g/mol. The number of fused-ring (bicyclic) bond motifs is 2. The lowest BCUT2D eigenvalue weighted by atomic mass is 9.90. The lowest BCUT2D eigenvalue weighted by Gasteiger charge is -2.24. The van der Waals surface area contributed by atoms with E-state index in [1.165, 1.54) is 25.7 Å². The molecule has 0 bridgehead atoms. The highest BCUT2D eigenvalue weighted by Crippen LogP contribution is 2.36. The van der Waals surface area contributed by atoms with Gasteiger partial charge >= 0.3 is 0 Å². The van der Waals surface area contributed by atoms with Crippen molar-refractivity contribution in [3.8, 4) is 22.3 Å². The van der Waals surface area contributed by atoms with Gasteiger partial charge in [-0.3, -0.25) is 19.2 Å². The van der Waals surface area contributed by atoms with Gasteiger partial charge in [0.25, 0.3) is 11.1 Å². The van der Waals surface area contributed by atoms with Crippen molar-refractivity contribution in [2.24, 2.45) is 14.1 Å². The average Bonchev–Trinajstić information content (AvgIpc) is 3.89. The Balaban J connectivity index is 0.000000167. The van der Waals surface area contributed by atoms with Crippen molar-refractivity contribution in [1.29, 1.82) is 0 Å². The number of carbonyl (C=O) groups is 2. The van der Waals surface area contributed by atoms with Gasteiger partial charge < -0.3 is 29.2 Å². The van der Waals surface area contributed by atoms with Crippen LogP contribution in [-0.4, -0.2) is 33.2 Å². The summed E-state index contributed by atoms with van der Waals surface area (Å²) in [5, 5.41) is 5.98. The van der Waals surface area contributed by atoms with Crippen LogP contribution >= 0.6 is 0 Å². The highest BCUT2D eigenvalue weighted by Gasteiger charge is 2.24. The second kappa shape index (κ2) is 16.3. The molecule has 2 aliphatic carbocycles. The molecule has 54 heavy (non-hydrogen) atoms. The largest absolute Gasteiger partial charge is 0.374 e. The van der Waals surface area contributed by atoms with Crippen molar-refractivity contribution in [2.75, 3.05) is 10.6 Å². The summed E-state index contributed by atoms with van der Waals surface area (Å²) >= 11 is 0. The van der Waals surface area contributed by atoms with Crippen LogP contribution in [0.2, 0.25) is 0 Å². The molecule has 0 spiro atoms. The number of aromatic nitrogens is 2. The van der Waals surface area contributed by atoms with Gasteiger partial charge in [-0.25, -0.2) is 0 Å². The maximum Gasteiger partial charge on any atom is 0.253 e. The Labute approximate surface area is 316 Å². The van der Waals surface area contributed by atoms with Gasteiger partial charge in [-0.1, -0.05) is 31.7 Å². The van der Waals surface area contributed by atoms with Crippen molar-refractivity contribution in [3.63, 3.8) is 0 Å². The summed E-state index contributed by atoms with van der Waals surface area (Å²) in [6.45, 7) is 4.75. The number of ether oxygens (including phenoxy) is 2. The second-order valence-corrected chi connectivity index (χ2v) is 15.5. The van der Waals surface area contributed by atoms with Crippen LogP contribution in [0.25, 0.3) is 22.3 Å². The van der Waals surface area contributed by atoms with E-state index in [0.717, 1.165) is 106 Å². The topological polar surface area (TPSA) is 121 Å². The molecule has 2 aromatic carbocycles. The number of benzene rings is 2. The molecule has 2 aromatic heterocycles. The van der Waals surface area contributed by atoms with Gasteiger partial charge in [-0.15, -0.1) is 0 Å². The number of carbonyl (C=O) groups excluding carboxylic acids is 2. The monoisotopic (exact) mass is 732 g/mol. The summed E-state index contributed by atoms with van der Waals surface area (Å²) in [7, 11) is 3.57. The molecule has 0 unspecified atom stereocenters. The Bertz CT molecular complexity index is 2060. The number of nitrogens with one attached hydrogen (secondary N) is 2. The van der Waals surface area contributed by atoms with Gasteiger partial charge in [-0.05, 0) is 127 Å². The van der Waals surface area contributed by atoms with Crippen LogP contribution in [0, 0.1) is 13.8 Å². The highest BCUT2D eigenvalue weighted by atomic mass is 16.5. The molecule has 4 aromatic rings. The van der Waals surface area contributed by atoms with Crippen LogP contribution in [0.5, 0.6) is 0 Å². The first-order valence-corrected chi connectivity index (χ1v) is 19.5. The standard InChI is InChI=1S/2C22H26N2O3/c1-14-11-15(12-24(2)22(14)26)17-7-9-20-18(8-10-21(25)23-20)19(17)13-27-16-5-3-4-6-16;1-14-9-16(12-24(2)22(14)26)19-10-15-7-8-21(25)23-20(15)11-17(19)13-27-18-5-3-4-6-18/h7,9,11-12,16H,3-6,8,10,13H2,1-2H3,(H,23,25);9-12,18H,3-8,13H2,1-2H3,(H,23,25). The lowest BCUT2D eigenvalue weighted by molar-refractivity contribution is -0.117. The van der Waals surface area contributed by atoms with E-state index < -0.39 is 0 Å². The molecule has 2 fully saturated rings. The van der Waals surface area contributed by atoms with E-state index in [9.17, 15) is 19.2 Å². The minimum absolute atomic E-state index is 0.0210. The number of amides is 2. The zero-order valence-electron chi connectivity index (χ0n) is 32.0. The molecule has 4 heterocycles. The maximum absolute atomic E-state index is 12.1. The van der Waals surface area contributed by atoms with Crippen LogP contribution in [0.1, 0.15) is 97.6 Å². The summed E-state index contributed by atoms with van der Waals surface area (Å²) in [5.41, 5.74) is 12.0. The fraction of sp³-hybridized carbons (Fsp3) is 0.455. The summed E-state index contributed by atoms with van der Waals surface area (Å²) in [6.07, 6.45) is 16.3. The van der Waals surface area contributed by atoms with Gasteiger partial charge in [0.2, 0.25) is 11.8 Å². The third-order valence-corrected chi connectivity index (χ3v) is 11.4. The molecule has 4 aliphatic rings. The summed E-state index contributed by atoms with van der Waals surface area (Å²) in [6, 6.07) is 12.1. The second-order valence-electron chi connectivity index (χ2n) is 15.5. The molecule has 2 N–H and O–H groups in total. The van der Waals surface area contributed by atoms with Gasteiger partial charge in [0.1, 0.15) is 0 Å². The van der Waals surface area contributed by atoms with Gasteiger partial charge in [0.15, 0.2) is 0 Å². The average molecular weight is 733 g/mol. The van der Waals surface area contributed by atoms with Crippen molar-refractivity contribution in [3.05, 3.63) is 103 Å². The first-order valence-electron chi connectivity index (χ1n) is 19.5. The van der Waals surface area contributed by atoms with E-state index in [4.69, 9.17) is 9.47 Å². The molecule has 0 atom stereocenters. The minimum atomic E-state index is 0.0210. The minimum Gasteiger partial charge on any atom is -0.374 e. The van der Waals surface area contributed by atoms with Crippen molar-refractivity contribution < 1.29 is 19.1 Å². The molecule has 2 amide bonds. The lowest BCUT2D eigenvalue weighted by Crippen LogP contribution is -2.22. The maximum atomic E-state index is 12.1. The fourth-order valence-corrected chi connectivity index (χ4v) is 8.41. The van der Waals surface area contributed by atoms with Crippen LogP contribution in [0.4, 0.5) is 11.4 Å². The van der Waals surface area contributed by atoms with Gasteiger partial charge in [0.05, 0.1) is 25.4 Å². The Kier molecular flexibility index (Phi) is 11.3. The molecule has 2 saturated carbocycles. The smallest absolute Gasteiger partial charge is 0.253 e. The van der Waals surface area contributed by atoms with Crippen molar-refractivity contribution >= 4 is 23.2 Å². The third kappa shape index (κ3) is 8.30. The van der Waals surface area contributed by atoms with Gasteiger partial charge in [0, 0.05) is 61.8 Å². The number of hydrogen-bond acceptors (Lipinski definition) is 6. The third-order valence-electron chi connectivity index (χ3n) is 11.4. The molecule has 284 valence electrons. The molecular formula is C44H52N4O6. The van der Waals surface area contributed by atoms with E-state index >= 15 is 0 Å².